The van der Waals surface area contributed by atoms with Crippen molar-refractivity contribution in [2.75, 3.05) is 31.3 Å². The summed E-state index contributed by atoms with van der Waals surface area (Å²) in [5, 5.41) is 6.01. The standard InChI is InChI=1S/C18H19ClN2O3S/c1-24-11-10-20-17(22)12-25-16-9-5-2-6-13(16)18(23)21-15-8-4-3-7-14(15)19/h2-9H,10-12H2,1H3,(H,20,22)(H,21,23). The molecule has 0 saturated carbocycles. The molecule has 0 aliphatic heterocycles. The van der Waals surface area contributed by atoms with E-state index >= 15 is 0 Å². The number of amides is 2. The largest absolute Gasteiger partial charge is 0.383 e. The Morgan fingerprint density at radius 3 is 2.60 bits per heavy atom. The van der Waals surface area contributed by atoms with Gasteiger partial charge in [0.15, 0.2) is 0 Å². The number of thioether (sulfide) groups is 1. The van der Waals surface area contributed by atoms with Gasteiger partial charge in [-0.1, -0.05) is 35.9 Å². The molecule has 25 heavy (non-hydrogen) atoms. The van der Waals surface area contributed by atoms with Crippen LogP contribution in [0.4, 0.5) is 5.69 Å². The Labute approximate surface area is 156 Å². The molecule has 0 bridgehead atoms. The van der Waals surface area contributed by atoms with Crippen molar-refractivity contribution in [1.29, 1.82) is 0 Å². The number of hydrogen-bond acceptors (Lipinski definition) is 4. The molecule has 0 spiro atoms. The molecule has 2 aromatic carbocycles. The second-order valence-corrected chi connectivity index (χ2v) is 6.49. The number of hydrogen-bond donors (Lipinski definition) is 2. The van der Waals surface area contributed by atoms with Crippen molar-refractivity contribution in [2.24, 2.45) is 0 Å². The maximum Gasteiger partial charge on any atom is 0.256 e. The molecule has 0 radical (unpaired) electrons. The Balaban J connectivity index is 2.01. The molecule has 0 aliphatic carbocycles. The summed E-state index contributed by atoms with van der Waals surface area (Å²) in [6.07, 6.45) is 0. The number of para-hydroxylation sites is 1. The summed E-state index contributed by atoms with van der Waals surface area (Å²) >= 11 is 7.39. The number of nitrogens with one attached hydrogen (secondary N) is 2. The second kappa shape index (κ2) is 10.1. The van der Waals surface area contributed by atoms with E-state index in [4.69, 9.17) is 16.3 Å². The summed E-state index contributed by atoms with van der Waals surface area (Å²) in [5.74, 6) is -0.153. The normalized spacial score (nSPS) is 10.3. The lowest BCUT2D eigenvalue weighted by atomic mass is 10.2. The summed E-state index contributed by atoms with van der Waals surface area (Å²) in [6, 6.07) is 14.2. The van der Waals surface area contributed by atoms with Crippen LogP contribution in [0.25, 0.3) is 0 Å². The number of anilines is 1. The maximum atomic E-state index is 12.5. The third-order valence-electron chi connectivity index (χ3n) is 3.24. The molecule has 0 heterocycles. The van der Waals surface area contributed by atoms with Crippen molar-refractivity contribution in [2.45, 2.75) is 4.90 Å². The van der Waals surface area contributed by atoms with E-state index in [-0.39, 0.29) is 17.6 Å². The van der Waals surface area contributed by atoms with Gasteiger partial charge in [0.2, 0.25) is 5.91 Å². The van der Waals surface area contributed by atoms with Gasteiger partial charge in [0.25, 0.3) is 5.91 Å². The van der Waals surface area contributed by atoms with Crippen LogP contribution in [0.3, 0.4) is 0 Å². The van der Waals surface area contributed by atoms with Crippen LogP contribution in [0, 0.1) is 0 Å². The van der Waals surface area contributed by atoms with Crippen LogP contribution in [0.15, 0.2) is 53.4 Å². The van der Waals surface area contributed by atoms with Gasteiger partial charge in [-0.3, -0.25) is 9.59 Å². The van der Waals surface area contributed by atoms with E-state index in [0.29, 0.717) is 29.4 Å². The van der Waals surface area contributed by atoms with Gasteiger partial charge in [0, 0.05) is 18.6 Å². The molecule has 2 aromatic rings. The lowest BCUT2D eigenvalue weighted by Crippen LogP contribution is -2.28. The summed E-state index contributed by atoms with van der Waals surface area (Å²) in [7, 11) is 1.58. The Morgan fingerprint density at radius 2 is 1.84 bits per heavy atom. The molecule has 0 fully saturated rings. The fourth-order valence-corrected chi connectivity index (χ4v) is 3.08. The van der Waals surface area contributed by atoms with Crippen LogP contribution in [-0.4, -0.2) is 37.8 Å². The van der Waals surface area contributed by atoms with E-state index in [1.165, 1.54) is 11.8 Å². The maximum absolute atomic E-state index is 12.5. The van der Waals surface area contributed by atoms with Crippen LogP contribution in [-0.2, 0) is 9.53 Å². The molecule has 2 rings (SSSR count). The highest BCUT2D eigenvalue weighted by Crippen LogP contribution is 2.25. The van der Waals surface area contributed by atoms with E-state index in [9.17, 15) is 9.59 Å². The Kier molecular flexibility index (Phi) is 7.78. The van der Waals surface area contributed by atoms with Gasteiger partial charge >= 0.3 is 0 Å². The van der Waals surface area contributed by atoms with Crippen molar-refractivity contribution in [1.82, 2.24) is 5.32 Å². The van der Waals surface area contributed by atoms with Crippen LogP contribution >= 0.6 is 23.4 Å². The summed E-state index contributed by atoms with van der Waals surface area (Å²) in [4.78, 5) is 25.1. The first-order chi connectivity index (χ1) is 12.1. The lowest BCUT2D eigenvalue weighted by molar-refractivity contribution is -0.118. The topological polar surface area (TPSA) is 67.4 Å². The second-order valence-electron chi connectivity index (χ2n) is 5.06. The van der Waals surface area contributed by atoms with Crippen LogP contribution in [0.5, 0.6) is 0 Å². The van der Waals surface area contributed by atoms with Gasteiger partial charge in [-0.25, -0.2) is 0 Å². The van der Waals surface area contributed by atoms with Gasteiger partial charge < -0.3 is 15.4 Å². The highest BCUT2D eigenvalue weighted by Gasteiger charge is 2.14. The zero-order chi connectivity index (χ0) is 18.1. The quantitative estimate of drug-likeness (QED) is 0.545. The van der Waals surface area contributed by atoms with Crippen molar-refractivity contribution < 1.29 is 14.3 Å². The third-order valence-corrected chi connectivity index (χ3v) is 4.64. The van der Waals surface area contributed by atoms with E-state index in [0.717, 1.165) is 4.90 Å². The van der Waals surface area contributed by atoms with Crippen molar-refractivity contribution in [3.05, 3.63) is 59.1 Å². The van der Waals surface area contributed by atoms with Crippen molar-refractivity contribution in [3.8, 4) is 0 Å². The molecule has 0 aliphatic rings. The number of halogens is 1. The number of rotatable bonds is 8. The monoisotopic (exact) mass is 378 g/mol. The number of benzene rings is 2. The lowest BCUT2D eigenvalue weighted by Gasteiger charge is -2.11. The molecule has 132 valence electrons. The van der Waals surface area contributed by atoms with Gasteiger partial charge in [0.1, 0.15) is 0 Å². The molecule has 0 aromatic heterocycles. The molecular weight excluding hydrogens is 360 g/mol. The van der Waals surface area contributed by atoms with Crippen LogP contribution < -0.4 is 10.6 Å². The molecule has 0 saturated heterocycles. The molecular formula is C18H19ClN2O3S. The molecule has 2 amide bonds. The van der Waals surface area contributed by atoms with Crippen molar-refractivity contribution in [3.63, 3.8) is 0 Å². The smallest absolute Gasteiger partial charge is 0.256 e. The van der Waals surface area contributed by atoms with E-state index < -0.39 is 0 Å². The zero-order valence-electron chi connectivity index (χ0n) is 13.8. The Hall–Kier alpha value is -2.02. The first-order valence-electron chi connectivity index (χ1n) is 7.65. The van der Waals surface area contributed by atoms with Crippen molar-refractivity contribution >= 4 is 40.9 Å². The molecule has 0 atom stereocenters. The van der Waals surface area contributed by atoms with Gasteiger partial charge in [0.05, 0.1) is 28.6 Å². The minimum Gasteiger partial charge on any atom is -0.383 e. The molecule has 0 unspecified atom stereocenters. The van der Waals surface area contributed by atoms with E-state index in [2.05, 4.69) is 10.6 Å². The summed E-state index contributed by atoms with van der Waals surface area (Å²) < 4.78 is 4.89. The number of methoxy groups -OCH3 is 1. The molecule has 2 N–H and O–H groups in total. The number of carbonyl (C=O) groups is 2. The molecule has 7 heteroatoms. The van der Waals surface area contributed by atoms with Crippen LogP contribution in [0.2, 0.25) is 5.02 Å². The minimum absolute atomic E-state index is 0.108. The highest BCUT2D eigenvalue weighted by atomic mass is 35.5. The van der Waals surface area contributed by atoms with E-state index in [1.807, 2.05) is 12.1 Å². The zero-order valence-corrected chi connectivity index (χ0v) is 15.3. The minimum atomic E-state index is -0.268. The SMILES string of the molecule is COCCNC(=O)CSc1ccccc1C(=O)Nc1ccccc1Cl. The number of carbonyl (C=O) groups excluding carboxylic acids is 2. The third kappa shape index (κ3) is 6.08. The van der Waals surface area contributed by atoms with Gasteiger partial charge in [-0.05, 0) is 24.3 Å². The van der Waals surface area contributed by atoms with Crippen LogP contribution in [0.1, 0.15) is 10.4 Å². The highest BCUT2D eigenvalue weighted by molar-refractivity contribution is 8.00. The Morgan fingerprint density at radius 1 is 1.12 bits per heavy atom. The first kappa shape index (κ1) is 19.3. The average molecular weight is 379 g/mol. The van der Waals surface area contributed by atoms with E-state index in [1.54, 1.807) is 43.5 Å². The number of ether oxygens (including phenoxy) is 1. The molecule has 5 nitrogen and oxygen atoms in total. The first-order valence-corrected chi connectivity index (χ1v) is 9.01. The van der Waals surface area contributed by atoms with Gasteiger partial charge in [-0.15, -0.1) is 11.8 Å². The fourth-order valence-electron chi connectivity index (χ4n) is 2.02. The summed E-state index contributed by atoms with van der Waals surface area (Å²) in [5.41, 5.74) is 1.04. The van der Waals surface area contributed by atoms with Gasteiger partial charge in [-0.2, -0.15) is 0 Å². The predicted octanol–water partition coefficient (Wildman–Crippen LogP) is 3.45. The summed E-state index contributed by atoms with van der Waals surface area (Å²) in [6.45, 7) is 0.928. The predicted molar refractivity (Wildman–Crippen MR) is 101 cm³/mol. The average Bonchev–Trinajstić information content (AvgIpc) is 2.62. The Bertz CT molecular complexity index is 740. The fraction of sp³-hybridized carbons (Fsp3) is 0.222.